The van der Waals surface area contributed by atoms with Crippen molar-refractivity contribution >= 4 is 62.1 Å². The van der Waals surface area contributed by atoms with Crippen LogP contribution in [0, 0.1) is 5.82 Å². The summed E-state index contributed by atoms with van der Waals surface area (Å²) in [4.78, 5) is 31.9. The number of hydrogen-bond acceptors (Lipinski definition) is 15. The molecule has 3 aliphatic heterocycles. The molecule has 2 aromatic heterocycles. The van der Waals surface area contributed by atoms with Gasteiger partial charge >= 0.3 is 0 Å². The monoisotopic (exact) mass is 1250 g/mol. The maximum atomic E-state index is 14.6. The fraction of sp³-hybridized carbons (Fsp3) is 0.515. The van der Waals surface area contributed by atoms with Crippen LogP contribution in [0.3, 0.4) is 0 Å². The lowest BCUT2D eigenvalue weighted by Gasteiger charge is -2.46. The zero-order valence-electron chi connectivity index (χ0n) is 49.9. The number of nitrogens with two attached hydrogens (primary N) is 3. The lowest BCUT2D eigenvalue weighted by molar-refractivity contribution is 0.118. The lowest BCUT2D eigenvalue weighted by Crippen LogP contribution is -2.53. The molecule has 20 heteroatoms. The maximum absolute atomic E-state index is 14.6. The Labute approximate surface area is 524 Å². The van der Waals surface area contributed by atoms with Crippen molar-refractivity contribution in [3.63, 3.8) is 0 Å². The molecule has 0 bridgehead atoms. The minimum atomic E-state index is -3.41. The highest BCUT2D eigenvalue weighted by Gasteiger charge is 2.41. The third kappa shape index (κ3) is 15.3. The largest absolute Gasteiger partial charge is 0.367 e. The summed E-state index contributed by atoms with van der Waals surface area (Å²) in [7, 11) is -3.41. The van der Waals surface area contributed by atoms with Crippen LogP contribution in [0.5, 0.6) is 0 Å². The second-order valence-electron chi connectivity index (χ2n) is 24.7. The molecular formula is C66H87Cl3FN13O2S. The van der Waals surface area contributed by atoms with Crippen LogP contribution in [0.1, 0.15) is 93.7 Å². The van der Waals surface area contributed by atoms with Gasteiger partial charge in [-0.15, -0.1) is 0 Å². The van der Waals surface area contributed by atoms with E-state index in [2.05, 4.69) is 80.8 Å². The first kappa shape index (κ1) is 64.0. The van der Waals surface area contributed by atoms with Crippen LogP contribution >= 0.6 is 34.8 Å². The van der Waals surface area contributed by atoms with E-state index in [1.807, 2.05) is 66.0 Å². The predicted octanol–water partition coefficient (Wildman–Crippen LogP) is 10.0. The molecule has 86 heavy (non-hydrogen) atoms. The van der Waals surface area contributed by atoms with E-state index in [4.69, 9.17) is 52.0 Å². The Morgan fingerprint density at radius 1 is 0.488 bits per heavy atom. The van der Waals surface area contributed by atoms with Crippen LogP contribution in [-0.2, 0) is 26.1 Å². The van der Waals surface area contributed by atoms with E-state index in [0.717, 1.165) is 169 Å². The smallest absolute Gasteiger partial charge is 0.225 e. The Morgan fingerprint density at radius 2 is 0.884 bits per heavy atom. The highest BCUT2D eigenvalue weighted by Crippen LogP contribution is 2.44. The van der Waals surface area contributed by atoms with E-state index in [1.54, 1.807) is 18.5 Å². The normalized spacial score (nSPS) is 26.2. The van der Waals surface area contributed by atoms with Crippen molar-refractivity contribution in [2.24, 2.45) is 17.2 Å². The van der Waals surface area contributed by atoms with Crippen LogP contribution in [0.25, 0.3) is 0 Å². The van der Waals surface area contributed by atoms with E-state index >= 15 is 0 Å². The van der Waals surface area contributed by atoms with Crippen molar-refractivity contribution in [1.29, 1.82) is 0 Å². The summed E-state index contributed by atoms with van der Waals surface area (Å²) in [5, 5.41) is 2.37. The van der Waals surface area contributed by atoms with E-state index in [9.17, 15) is 12.8 Å². The van der Waals surface area contributed by atoms with Gasteiger partial charge < -0.3 is 31.9 Å². The van der Waals surface area contributed by atoms with Gasteiger partial charge in [0.25, 0.3) is 0 Å². The van der Waals surface area contributed by atoms with Crippen molar-refractivity contribution in [3.05, 3.63) is 166 Å². The Bertz CT molecular complexity index is 3090. The predicted molar refractivity (Wildman–Crippen MR) is 348 cm³/mol. The molecule has 0 unspecified atom stereocenters. The number of sulfone groups is 1. The first-order chi connectivity index (χ1) is 41.6. The molecule has 3 saturated heterocycles. The van der Waals surface area contributed by atoms with Gasteiger partial charge in [-0.2, -0.15) is 0 Å². The van der Waals surface area contributed by atoms with Crippen molar-refractivity contribution in [2.45, 2.75) is 116 Å². The summed E-state index contributed by atoms with van der Waals surface area (Å²) in [6.07, 6.45) is 23.7. The summed E-state index contributed by atoms with van der Waals surface area (Å²) in [6.45, 7) is 13.6. The van der Waals surface area contributed by atoms with Gasteiger partial charge in [0, 0.05) is 179 Å². The molecule has 4 aromatic carbocycles. The Kier molecular flexibility index (Phi) is 21.6. The second-order valence-corrected chi connectivity index (χ2v) is 28.1. The number of anilines is 3. The summed E-state index contributed by atoms with van der Waals surface area (Å²) >= 11 is 18.7. The molecule has 12 rings (SSSR count). The summed E-state index contributed by atoms with van der Waals surface area (Å²) < 4.78 is 37.9. The van der Waals surface area contributed by atoms with Gasteiger partial charge in [0.15, 0.2) is 9.84 Å². The molecule has 3 saturated carbocycles. The van der Waals surface area contributed by atoms with Crippen LogP contribution in [0.2, 0.25) is 15.1 Å². The maximum Gasteiger partial charge on any atom is 0.225 e. The molecule has 6 N–H and O–H groups in total. The third-order valence-electron chi connectivity index (χ3n) is 20.1. The molecule has 5 heterocycles. The van der Waals surface area contributed by atoms with Crippen molar-refractivity contribution in [1.82, 2.24) is 34.6 Å². The van der Waals surface area contributed by atoms with Crippen molar-refractivity contribution in [2.75, 3.05) is 119 Å². The van der Waals surface area contributed by atoms with Gasteiger partial charge in [0.1, 0.15) is 11.6 Å². The number of nitrogens with zero attached hydrogens (tertiary/aromatic N) is 10. The lowest BCUT2D eigenvalue weighted by atomic mass is 9.68. The first-order valence-corrected chi connectivity index (χ1v) is 34.0. The molecule has 0 spiro atoms. The SMILES string of the molecule is CS(=O)(=O)c1ccc(N2CCN(C3CCC(CN)(c4cccc(Cl)c4)CC3)CC2)c(F)c1.NCC1(c2cccc(Cl)c2)CCC(N2CCN(c3cnccn3)CC2)CC1.NCC1(c2cccc(Cl)c2)CCC(N2CCN(c3ncccn3)CC2)CC1. The number of hydrogen-bond donors (Lipinski definition) is 3. The average Bonchev–Trinajstić information content (AvgIpc) is 2.70. The standard InChI is InChI=1S/C24H31ClFN3O2S.2C21H28ClN5/c1-32(30,31)21-5-6-23(22(26)16-21)29-13-11-28(12-14-29)20-7-9-24(17-27,10-8-20)18-3-2-4-19(25)15-18;22-18-4-1-3-17(15-18)21(16-23)7-5-19(6-8-21)26-11-13-27(14-12-26)20-24-9-2-10-25-20;22-18-3-1-2-17(14-18)21(16-23)6-4-19(5-7-21)26-10-12-27(13-11-26)20-15-24-8-9-25-20/h2-6,15-16,20H,7-14,17,27H2,1H3;1-4,9-10,15,19H,5-8,11-14,16,23H2;1-3,8-9,14-15,19H,4-7,10-13,16,23H2. The average molecular weight is 1250 g/mol. The molecule has 462 valence electrons. The third-order valence-corrected chi connectivity index (χ3v) is 21.9. The van der Waals surface area contributed by atoms with Crippen LogP contribution < -0.4 is 31.9 Å². The van der Waals surface area contributed by atoms with E-state index < -0.39 is 15.7 Å². The molecule has 6 aromatic rings. The van der Waals surface area contributed by atoms with E-state index in [-0.39, 0.29) is 21.1 Å². The Balaban J connectivity index is 0.000000144. The zero-order valence-corrected chi connectivity index (χ0v) is 53.0. The van der Waals surface area contributed by atoms with E-state index in [0.29, 0.717) is 43.4 Å². The Hall–Kier alpha value is -5.05. The summed E-state index contributed by atoms with van der Waals surface area (Å²) in [5.41, 5.74) is 23.2. The minimum absolute atomic E-state index is 0.00624. The van der Waals surface area contributed by atoms with Crippen LogP contribution in [0.15, 0.2) is 133 Å². The number of benzene rings is 4. The number of aromatic nitrogens is 4. The topological polar surface area (TPSA) is 183 Å². The van der Waals surface area contributed by atoms with Gasteiger partial charge in [0.05, 0.1) is 16.8 Å². The minimum Gasteiger partial charge on any atom is -0.367 e. The summed E-state index contributed by atoms with van der Waals surface area (Å²) in [5.74, 6) is 1.36. The molecule has 6 fully saturated rings. The van der Waals surface area contributed by atoms with Gasteiger partial charge in [-0.1, -0.05) is 71.2 Å². The molecule has 0 atom stereocenters. The number of piperazine rings is 3. The molecule has 0 radical (unpaired) electrons. The molecular weight excluding hydrogens is 1160 g/mol. The van der Waals surface area contributed by atoms with Crippen molar-refractivity contribution in [3.8, 4) is 0 Å². The fourth-order valence-corrected chi connectivity index (χ4v) is 15.9. The van der Waals surface area contributed by atoms with Crippen LogP contribution in [-0.4, -0.2) is 166 Å². The van der Waals surface area contributed by atoms with E-state index in [1.165, 1.54) is 48.4 Å². The number of rotatable bonds is 13. The molecule has 3 aliphatic carbocycles. The van der Waals surface area contributed by atoms with Gasteiger partial charge in [-0.25, -0.2) is 27.8 Å². The molecule has 0 amide bonds. The van der Waals surface area contributed by atoms with Gasteiger partial charge in [0.2, 0.25) is 5.95 Å². The van der Waals surface area contributed by atoms with Gasteiger partial charge in [-0.05, 0) is 154 Å². The first-order valence-electron chi connectivity index (χ1n) is 31.0. The quantitative estimate of drug-likeness (QED) is 0.0992. The fourth-order valence-electron chi connectivity index (χ4n) is 14.7. The summed E-state index contributed by atoms with van der Waals surface area (Å²) in [6, 6.07) is 32.6. The zero-order chi connectivity index (χ0) is 60.3. The highest BCUT2D eigenvalue weighted by molar-refractivity contribution is 7.90. The van der Waals surface area contributed by atoms with Gasteiger partial charge in [-0.3, -0.25) is 19.7 Å². The molecule has 15 nitrogen and oxygen atoms in total. The molecule has 6 aliphatic rings. The Morgan fingerprint density at radius 3 is 1.23 bits per heavy atom. The number of halogens is 4. The second kappa shape index (κ2) is 29.1. The highest BCUT2D eigenvalue weighted by atomic mass is 35.5. The van der Waals surface area contributed by atoms with Crippen molar-refractivity contribution < 1.29 is 12.8 Å². The van der Waals surface area contributed by atoms with Crippen LogP contribution in [0.4, 0.5) is 21.8 Å².